The Labute approximate surface area is 173 Å². The third-order valence-corrected chi connectivity index (χ3v) is 4.56. The lowest BCUT2D eigenvalue weighted by molar-refractivity contribution is -0.132. The van der Waals surface area contributed by atoms with Crippen LogP contribution in [0.3, 0.4) is 0 Å². The maximum Gasteiger partial charge on any atom is 0.318 e. The van der Waals surface area contributed by atoms with Crippen LogP contribution in [0.1, 0.15) is 31.1 Å². The third-order valence-electron chi connectivity index (χ3n) is 4.56. The molecule has 3 amide bonds. The van der Waals surface area contributed by atoms with Crippen molar-refractivity contribution in [1.82, 2.24) is 15.1 Å². The Morgan fingerprint density at radius 1 is 1.14 bits per heavy atom. The molecule has 6 nitrogen and oxygen atoms in total. The normalized spacial score (nSPS) is 10.4. The van der Waals surface area contributed by atoms with Crippen LogP contribution in [0.4, 0.5) is 4.79 Å². The Bertz CT molecular complexity index is 744. The minimum absolute atomic E-state index is 0.000519. The molecule has 0 bridgehead atoms. The van der Waals surface area contributed by atoms with E-state index in [0.29, 0.717) is 31.9 Å². The van der Waals surface area contributed by atoms with Crippen molar-refractivity contribution in [2.24, 2.45) is 0 Å². The van der Waals surface area contributed by atoms with Gasteiger partial charge in [-0.1, -0.05) is 49.8 Å². The molecular formula is C23H31N3O3. The second kappa shape index (κ2) is 12.4. The van der Waals surface area contributed by atoms with Crippen molar-refractivity contribution in [2.75, 3.05) is 26.2 Å². The first-order chi connectivity index (χ1) is 14.1. The molecule has 2 rings (SSSR count). The summed E-state index contributed by atoms with van der Waals surface area (Å²) < 4.78 is 5.43. The Morgan fingerprint density at radius 3 is 2.59 bits per heavy atom. The third kappa shape index (κ3) is 7.86. The van der Waals surface area contributed by atoms with E-state index in [2.05, 4.69) is 18.8 Å². The van der Waals surface area contributed by atoms with Gasteiger partial charge in [-0.25, -0.2) is 4.79 Å². The topological polar surface area (TPSA) is 65.8 Å². The summed E-state index contributed by atoms with van der Waals surface area (Å²) in [5.74, 6) is 0.596. The van der Waals surface area contributed by atoms with Gasteiger partial charge < -0.3 is 19.5 Å². The summed E-state index contributed by atoms with van der Waals surface area (Å²) in [5, 5.41) is 2.87. The standard InChI is InChI=1S/C23H31N3O3/c1-3-5-14-24-23(28)26(15-4-2)19-22(27)25(18-21-12-9-17-29-21)16-13-20-10-7-6-8-11-20/h4,6-12,17H,2-3,5,13-16,18-19H2,1H3,(H,24,28). The van der Waals surface area contributed by atoms with Gasteiger partial charge in [0.25, 0.3) is 0 Å². The summed E-state index contributed by atoms with van der Waals surface area (Å²) >= 11 is 0. The van der Waals surface area contributed by atoms with Gasteiger partial charge in [-0.3, -0.25) is 4.79 Å². The zero-order valence-electron chi connectivity index (χ0n) is 17.2. The van der Waals surface area contributed by atoms with Crippen LogP contribution >= 0.6 is 0 Å². The van der Waals surface area contributed by atoms with Gasteiger partial charge in [-0.15, -0.1) is 6.58 Å². The highest BCUT2D eigenvalue weighted by atomic mass is 16.3. The van der Waals surface area contributed by atoms with E-state index in [1.54, 1.807) is 23.3 Å². The quantitative estimate of drug-likeness (QED) is 0.437. The smallest absolute Gasteiger partial charge is 0.318 e. The highest BCUT2D eigenvalue weighted by Gasteiger charge is 2.21. The van der Waals surface area contributed by atoms with E-state index in [9.17, 15) is 9.59 Å². The number of amides is 3. The first-order valence-electron chi connectivity index (χ1n) is 10.1. The lowest BCUT2D eigenvalue weighted by Gasteiger charge is -2.27. The highest BCUT2D eigenvalue weighted by molar-refractivity contribution is 5.84. The van der Waals surface area contributed by atoms with E-state index in [-0.39, 0.29) is 18.5 Å². The predicted molar refractivity (Wildman–Crippen MR) is 114 cm³/mol. The van der Waals surface area contributed by atoms with Crippen LogP contribution in [-0.2, 0) is 17.8 Å². The molecule has 0 saturated carbocycles. The van der Waals surface area contributed by atoms with Gasteiger partial charge in [0.1, 0.15) is 12.3 Å². The molecule has 29 heavy (non-hydrogen) atoms. The predicted octanol–water partition coefficient (Wildman–Crippen LogP) is 3.85. The number of carbonyl (C=O) groups excluding carboxylic acids is 2. The van der Waals surface area contributed by atoms with Crippen molar-refractivity contribution in [2.45, 2.75) is 32.7 Å². The molecule has 1 heterocycles. The number of nitrogens with zero attached hydrogens (tertiary/aromatic N) is 2. The van der Waals surface area contributed by atoms with Gasteiger partial charge in [0, 0.05) is 19.6 Å². The van der Waals surface area contributed by atoms with E-state index in [1.807, 2.05) is 36.4 Å². The minimum Gasteiger partial charge on any atom is -0.467 e. The van der Waals surface area contributed by atoms with Crippen molar-refractivity contribution < 1.29 is 14.0 Å². The Morgan fingerprint density at radius 2 is 1.93 bits per heavy atom. The van der Waals surface area contributed by atoms with Gasteiger partial charge in [-0.05, 0) is 30.5 Å². The second-order valence-electron chi connectivity index (χ2n) is 6.88. The molecular weight excluding hydrogens is 366 g/mol. The Hall–Kier alpha value is -3.02. The van der Waals surface area contributed by atoms with Crippen LogP contribution in [0.2, 0.25) is 0 Å². The number of rotatable bonds is 12. The summed E-state index contributed by atoms with van der Waals surface area (Å²) in [5.41, 5.74) is 1.16. The SMILES string of the molecule is C=CCN(CC(=O)N(CCc1ccccc1)Cc1ccco1)C(=O)NCCCC. The maximum absolute atomic E-state index is 13.0. The fourth-order valence-electron chi connectivity index (χ4n) is 2.91. The molecule has 6 heteroatoms. The molecule has 0 aliphatic carbocycles. The number of hydrogen-bond donors (Lipinski definition) is 1. The largest absolute Gasteiger partial charge is 0.467 e. The van der Waals surface area contributed by atoms with Gasteiger partial charge in [0.15, 0.2) is 0 Å². The van der Waals surface area contributed by atoms with E-state index >= 15 is 0 Å². The van der Waals surface area contributed by atoms with E-state index in [4.69, 9.17) is 4.42 Å². The van der Waals surface area contributed by atoms with Crippen LogP contribution in [0.5, 0.6) is 0 Å². The average molecular weight is 398 g/mol. The summed E-state index contributed by atoms with van der Waals surface area (Å²) in [6, 6.07) is 13.4. The number of furan rings is 1. The van der Waals surface area contributed by atoms with Crippen LogP contribution in [0.25, 0.3) is 0 Å². The fourth-order valence-corrected chi connectivity index (χ4v) is 2.91. The summed E-state index contributed by atoms with van der Waals surface area (Å²) in [6.45, 7) is 7.60. The van der Waals surface area contributed by atoms with Gasteiger partial charge in [-0.2, -0.15) is 0 Å². The summed E-state index contributed by atoms with van der Waals surface area (Å²) in [4.78, 5) is 28.7. The van der Waals surface area contributed by atoms with Crippen molar-refractivity contribution in [1.29, 1.82) is 0 Å². The molecule has 1 aromatic heterocycles. The van der Waals surface area contributed by atoms with Crippen LogP contribution < -0.4 is 5.32 Å². The van der Waals surface area contributed by atoms with E-state index in [0.717, 1.165) is 24.8 Å². The fraction of sp³-hybridized carbons (Fsp3) is 0.391. The molecule has 1 N–H and O–H groups in total. The lowest BCUT2D eigenvalue weighted by atomic mass is 10.1. The molecule has 0 aliphatic heterocycles. The van der Waals surface area contributed by atoms with Gasteiger partial charge in [0.05, 0.1) is 12.8 Å². The van der Waals surface area contributed by atoms with Crippen molar-refractivity contribution in [3.05, 3.63) is 72.7 Å². The first-order valence-corrected chi connectivity index (χ1v) is 10.1. The molecule has 0 spiro atoms. The van der Waals surface area contributed by atoms with Crippen molar-refractivity contribution in [3.8, 4) is 0 Å². The average Bonchev–Trinajstić information content (AvgIpc) is 3.24. The van der Waals surface area contributed by atoms with Crippen molar-refractivity contribution in [3.63, 3.8) is 0 Å². The molecule has 1 aromatic carbocycles. The van der Waals surface area contributed by atoms with E-state index in [1.165, 1.54) is 4.90 Å². The molecule has 0 saturated heterocycles. The lowest BCUT2D eigenvalue weighted by Crippen LogP contribution is -2.47. The number of urea groups is 1. The molecule has 0 radical (unpaired) electrons. The molecule has 0 unspecified atom stereocenters. The number of nitrogens with one attached hydrogen (secondary N) is 1. The molecule has 156 valence electrons. The molecule has 0 atom stereocenters. The zero-order valence-corrected chi connectivity index (χ0v) is 17.2. The number of unbranched alkanes of at least 4 members (excludes halogenated alkanes) is 1. The Balaban J connectivity index is 2.02. The zero-order chi connectivity index (χ0) is 20.9. The number of hydrogen-bond acceptors (Lipinski definition) is 3. The van der Waals surface area contributed by atoms with Crippen LogP contribution in [0, 0.1) is 0 Å². The molecule has 0 aliphatic rings. The van der Waals surface area contributed by atoms with Crippen molar-refractivity contribution >= 4 is 11.9 Å². The highest BCUT2D eigenvalue weighted by Crippen LogP contribution is 2.09. The number of benzene rings is 1. The Kier molecular flexibility index (Phi) is 9.55. The number of carbonyl (C=O) groups is 2. The summed E-state index contributed by atoms with van der Waals surface area (Å²) in [6.07, 6.45) is 5.87. The maximum atomic E-state index is 13.0. The minimum atomic E-state index is -0.243. The second-order valence-corrected chi connectivity index (χ2v) is 6.88. The van der Waals surface area contributed by atoms with Crippen LogP contribution in [0.15, 0.2) is 65.8 Å². The van der Waals surface area contributed by atoms with E-state index < -0.39 is 0 Å². The first kappa shape index (κ1) is 22.3. The monoisotopic (exact) mass is 397 g/mol. The summed E-state index contributed by atoms with van der Waals surface area (Å²) in [7, 11) is 0. The molecule has 2 aromatic rings. The molecule has 0 fully saturated rings. The van der Waals surface area contributed by atoms with Gasteiger partial charge >= 0.3 is 6.03 Å². The van der Waals surface area contributed by atoms with Crippen LogP contribution in [-0.4, -0.2) is 47.9 Å². The van der Waals surface area contributed by atoms with Gasteiger partial charge in [0.2, 0.25) is 5.91 Å².